The van der Waals surface area contributed by atoms with Crippen molar-refractivity contribution in [2.45, 2.75) is 17.4 Å². The molecule has 9 heteroatoms. The number of para-hydroxylation sites is 1. The van der Waals surface area contributed by atoms with Crippen LogP contribution in [0, 0.1) is 15.9 Å². The van der Waals surface area contributed by atoms with E-state index in [9.17, 15) is 22.9 Å². The molecule has 1 heterocycles. The number of nitro benzene ring substituents is 1. The lowest BCUT2D eigenvalue weighted by atomic mass is 10.3. The first-order valence-corrected chi connectivity index (χ1v) is 7.42. The van der Waals surface area contributed by atoms with Gasteiger partial charge in [-0.25, -0.2) is 8.42 Å². The van der Waals surface area contributed by atoms with Crippen LogP contribution in [0.15, 0.2) is 23.1 Å². The first-order valence-electron chi connectivity index (χ1n) is 5.98. The largest absolute Gasteiger partial charge is 0.324 e. The summed E-state index contributed by atoms with van der Waals surface area (Å²) >= 11 is 0. The average Bonchev–Trinajstić information content (AvgIpc) is 2.87. The number of halogens is 1. The van der Waals surface area contributed by atoms with Crippen LogP contribution in [0.25, 0.3) is 0 Å². The van der Waals surface area contributed by atoms with Gasteiger partial charge in [0.15, 0.2) is 4.90 Å². The van der Waals surface area contributed by atoms with Crippen LogP contribution in [0.5, 0.6) is 0 Å². The van der Waals surface area contributed by atoms with E-state index >= 15 is 0 Å². The molecular weight excluding hydrogens is 289 g/mol. The highest BCUT2D eigenvalue weighted by molar-refractivity contribution is 7.89. The number of benzene rings is 1. The van der Waals surface area contributed by atoms with Gasteiger partial charge in [-0.3, -0.25) is 10.1 Å². The van der Waals surface area contributed by atoms with Gasteiger partial charge in [0.2, 0.25) is 15.8 Å². The van der Waals surface area contributed by atoms with Crippen molar-refractivity contribution in [3.8, 4) is 0 Å². The molecule has 0 bridgehead atoms. The predicted molar refractivity (Wildman–Crippen MR) is 69.3 cm³/mol. The molecule has 1 N–H and O–H groups in total. The van der Waals surface area contributed by atoms with Crippen molar-refractivity contribution in [1.29, 1.82) is 0 Å². The molecule has 0 aliphatic carbocycles. The Hall–Kier alpha value is -1.58. The number of nitrogens with one attached hydrogen (secondary N) is 1. The van der Waals surface area contributed by atoms with Crippen molar-refractivity contribution in [2.24, 2.45) is 0 Å². The molecule has 7 nitrogen and oxygen atoms in total. The second-order valence-corrected chi connectivity index (χ2v) is 6.39. The fraction of sp³-hybridized carbons (Fsp3) is 0.455. The number of likely N-dealkylation sites (N-methyl/N-ethyl adjacent to an activating group) is 1. The molecule has 1 atom stereocenters. The summed E-state index contributed by atoms with van der Waals surface area (Å²) < 4.78 is 39.5. The maximum atomic E-state index is 13.5. The highest BCUT2D eigenvalue weighted by atomic mass is 32.2. The van der Waals surface area contributed by atoms with Crippen molar-refractivity contribution in [3.63, 3.8) is 0 Å². The molecule has 0 radical (unpaired) electrons. The van der Waals surface area contributed by atoms with Crippen LogP contribution < -0.4 is 5.32 Å². The smallest absolute Gasteiger partial charge is 0.316 e. The molecular formula is C11H14FN3O4S. The van der Waals surface area contributed by atoms with E-state index in [2.05, 4.69) is 5.32 Å². The standard InChI is InChI=1S/C11H14FN3O4S/c1-13-8-5-6-14(7-8)20(18,19)10-4-2-3-9(12)11(10)15(16)17/h2-4,8,13H,5-7H2,1H3. The molecule has 1 fully saturated rings. The molecule has 0 amide bonds. The number of sulfonamides is 1. The summed E-state index contributed by atoms with van der Waals surface area (Å²) in [5.41, 5.74) is -1.000. The van der Waals surface area contributed by atoms with Crippen LogP contribution in [0.2, 0.25) is 0 Å². The second-order valence-electron chi connectivity index (χ2n) is 4.48. The van der Waals surface area contributed by atoms with E-state index in [1.807, 2.05) is 0 Å². The van der Waals surface area contributed by atoms with Crippen LogP contribution >= 0.6 is 0 Å². The lowest BCUT2D eigenvalue weighted by Gasteiger charge is -2.16. The fourth-order valence-electron chi connectivity index (χ4n) is 2.20. The zero-order valence-corrected chi connectivity index (χ0v) is 11.6. The average molecular weight is 303 g/mol. The van der Waals surface area contributed by atoms with E-state index in [1.54, 1.807) is 7.05 Å². The van der Waals surface area contributed by atoms with E-state index in [0.29, 0.717) is 6.42 Å². The SMILES string of the molecule is CNC1CCN(S(=O)(=O)c2cccc(F)c2[N+](=O)[O-])C1. The van der Waals surface area contributed by atoms with Gasteiger partial charge in [-0.15, -0.1) is 0 Å². The third-order valence-electron chi connectivity index (χ3n) is 3.31. The molecule has 1 saturated heterocycles. The van der Waals surface area contributed by atoms with Crippen molar-refractivity contribution >= 4 is 15.7 Å². The quantitative estimate of drug-likeness (QED) is 0.653. The molecule has 0 saturated carbocycles. The summed E-state index contributed by atoms with van der Waals surface area (Å²) in [6.45, 7) is 0.466. The number of nitrogens with zero attached hydrogens (tertiary/aromatic N) is 2. The van der Waals surface area contributed by atoms with Crippen LogP contribution in [0.3, 0.4) is 0 Å². The lowest BCUT2D eigenvalue weighted by Crippen LogP contribution is -2.33. The summed E-state index contributed by atoms with van der Waals surface area (Å²) in [5.74, 6) is -1.15. The molecule has 1 unspecified atom stereocenters. The maximum absolute atomic E-state index is 13.5. The molecule has 2 rings (SSSR count). The van der Waals surface area contributed by atoms with Gasteiger partial charge in [-0.2, -0.15) is 8.70 Å². The van der Waals surface area contributed by atoms with Gasteiger partial charge < -0.3 is 5.32 Å². The van der Waals surface area contributed by atoms with E-state index in [1.165, 1.54) is 0 Å². The molecule has 1 aliphatic rings. The summed E-state index contributed by atoms with van der Waals surface area (Å²) in [5, 5.41) is 13.8. The molecule has 1 aliphatic heterocycles. The van der Waals surface area contributed by atoms with Gasteiger partial charge in [0, 0.05) is 19.1 Å². The molecule has 0 spiro atoms. The summed E-state index contributed by atoms with van der Waals surface area (Å²) in [7, 11) is -2.35. The van der Waals surface area contributed by atoms with E-state index in [4.69, 9.17) is 0 Å². The van der Waals surface area contributed by atoms with Crippen molar-refractivity contribution in [2.75, 3.05) is 20.1 Å². The van der Waals surface area contributed by atoms with E-state index < -0.39 is 31.3 Å². The van der Waals surface area contributed by atoms with Gasteiger partial charge >= 0.3 is 5.69 Å². The number of rotatable bonds is 4. The monoisotopic (exact) mass is 303 g/mol. The topological polar surface area (TPSA) is 92.6 Å². The first-order chi connectivity index (χ1) is 9.37. The van der Waals surface area contributed by atoms with Crippen LogP contribution in [0.4, 0.5) is 10.1 Å². The maximum Gasteiger partial charge on any atom is 0.324 e. The first kappa shape index (κ1) is 14.8. The predicted octanol–water partition coefficient (Wildman–Crippen LogP) is 0.716. The van der Waals surface area contributed by atoms with Gasteiger partial charge in [0.05, 0.1) is 4.92 Å². The number of hydrogen-bond acceptors (Lipinski definition) is 5. The molecule has 20 heavy (non-hydrogen) atoms. The summed E-state index contributed by atoms with van der Waals surface area (Å²) in [4.78, 5) is 9.29. The minimum atomic E-state index is -4.07. The van der Waals surface area contributed by atoms with Crippen LogP contribution in [0.1, 0.15) is 6.42 Å². The van der Waals surface area contributed by atoms with Gasteiger partial charge in [-0.1, -0.05) is 6.07 Å². The second kappa shape index (κ2) is 5.43. The Labute approximate surface area is 115 Å². The Morgan fingerprint density at radius 3 is 2.75 bits per heavy atom. The number of hydrogen-bond donors (Lipinski definition) is 1. The Morgan fingerprint density at radius 2 is 2.20 bits per heavy atom. The molecule has 110 valence electrons. The van der Waals surface area contributed by atoms with Crippen molar-refractivity contribution < 1.29 is 17.7 Å². The van der Waals surface area contributed by atoms with Crippen LogP contribution in [-0.4, -0.2) is 43.8 Å². The highest BCUT2D eigenvalue weighted by Crippen LogP contribution is 2.30. The number of nitro groups is 1. The Morgan fingerprint density at radius 1 is 1.50 bits per heavy atom. The summed E-state index contributed by atoms with van der Waals surface area (Å²) in [6.07, 6.45) is 0.610. The third-order valence-corrected chi connectivity index (χ3v) is 5.21. The fourth-order valence-corrected chi connectivity index (χ4v) is 3.87. The van der Waals surface area contributed by atoms with Gasteiger partial charge in [-0.05, 0) is 25.6 Å². The van der Waals surface area contributed by atoms with Gasteiger partial charge in [0.1, 0.15) is 0 Å². The van der Waals surface area contributed by atoms with Crippen molar-refractivity contribution in [1.82, 2.24) is 9.62 Å². The Kier molecular flexibility index (Phi) is 4.02. The van der Waals surface area contributed by atoms with E-state index in [-0.39, 0.29) is 19.1 Å². The lowest BCUT2D eigenvalue weighted by molar-refractivity contribution is -0.390. The third kappa shape index (κ3) is 2.51. The molecule has 1 aromatic carbocycles. The Bertz CT molecular complexity index is 635. The minimum Gasteiger partial charge on any atom is -0.316 e. The highest BCUT2D eigenvalue weighted by Gasteiger charge is 2.37. The summed E-state index contributed by atoms with van der Waals surface area (Å²) in [6, 6.07) is 3.08. The Balaban J connectivity index is 2.46. The van der Waals surface area contributed by atoms with Crippen molar-refractivity contribution in [3.05, 3.63) is 34.1 Å². The van der Waals surface area contributed by atoms with Crippen LogP contribution in [-0.2, 0) is 10.0 Å². The van der Waals surface area contributed by atoms with E-state index in [0.717, 1.165) is 22.5 Å². The minimum absolute atomic E-state index is 0.00242. The zero-order valence-electron chi connectivity index (χ0n) is 10.7. The molecule has 0 aromatic heterocycles. The van der Waals surface area contributed by atoms with Gasteiger partial charge in [0.25, 0.3) is 0 Å². The molecule has 1 aromatic rings. The zero-order chi connectivity index (χ0) is 14.9. The normalized spacial score (nSPS) is 20.2.